The van der Waals surface area contributed by atoms with Gasteiger partial charge in [0.15, 0.2) is 0 Å². The van der Waals surface area contributed by atoms with Gasteiger partial charge in [-0.05, 0) is 34.5 Å². The van der Waals surface area contributed by atoms with Crippen molar-refractivity contribution < 1.29 is 4.79 Å². The molecule has 102 valence electrons. The fraction of sp³-hybridized carbons (Fsp3) is 0.385. The normalized spacial score (nSPS) is 19.4. The van der Waals surface area contributed by atoms with Gasteiger partial charge in [0.05, 0.1) is 0 Å². The van der Waals surface area contributed by atoms with Crippen LogP contribution in [0.3, 0.4) is 0 Å². The third kappa shape index (κ3) is 3.25. The first kappa shape index (κ1) is 14.3. The summed E-state index contributed by atoms with van der Waals surface area (Å²) < 4.78 is 0.880. The quantitative estimate of drug-likeness (QED) is 0.826. The summed E-state index contributed by atoms with van der Waals surface area (Å²) in [5.74, 6) is 0.196. The van der Waals surface area contributed by atoms with Crippen molar-refractivity contribution >= 4 is 44.7 Å². The van der Waals surface area contributed by atoms with Crippen molar-refractivity contribution in [2.24, 2.45) is 5.73 Å². The molecular formula is C13H16BrN3OS. The average molecular weight is 342 g/mol. The number of likely N-dealkylation sites (N-methyl/N-ethyl adjacent to an activating group) is 1. The van der Waals surface area contributed by atoms with Crippen LogP contribution in [0.15, 0.2) is 22.7 Å². The number of nitrogens with two attached hydrogens (primary N) is 1. The zero-order valence-electron chi connectivity index (χ0n) is 10.6. The summed E-state index contributed by atoms with van der Waals surface area (Å²) in [6, 6.07) is 6.03. The summed E-state index contributed by atoms with van der Waals surface area (Å²) in [5.41, 5.74) is 7.50. The SMILES string of the molecule is CN1CC(Nc2cccc(Br)c2C(N)=S)CCC1=O. The van der Waals surface area contributed by atoms with Crippen LogP contribution in [0.1, 0.15) is 18.4 Å². The van der Waals surface area contributed by atoms with Crippen LogP contribution in [0.5, 0.6) is 0 Å². The molecular weight excluding hydrogens is 326 g/mol. The highest BCUT2D eigenvalue weighted by Gasteiger charge is 2.23. The fourth-order valence-corrected chi connectivity index (χ4v) is 3.18. The van der Waals surface area contributed by atoms with Crippen molar-refractivity contribution in [3.05, 3.63) is 28.2 Å². The number of carbonyl (C=O) groups is 1. The summed E-state index contributed by atoms with van der Waals surface area (Å²) in [4.78, 5) is 13.6. The van der Waals surface area contributed by atoms with E-state index in [1.807, 2.05) is 25.2 Å². The summed E-state index contributed by atoms with van der Waals surface area (Å²) in [5, 5.41) is 3.43. The van der Waals surface area contributed by atoms with E-state index in [1.54, 1.807) is 4.90 Å². The zero-order valence-corrected chi connectivity index (χ0v) is 13.1. The second kappa shape index (κ2) is 5.88. The molecule has 4 nitrogen and oxygen atoms in total. The van der Waals surface area contributed by atoms with Gasteiger partial charge in [0.2, 0.25) is 5.91 Å². The van der Waals surface area contributed by atoms with Gasteiger partial charge >= 0.3 is 0 Å². The first-order chi connectivity index (χ1) is 8.99. The van der Waals surface area contributed by atoms with Gasteiger partial charge in [-0.15, -0.1) is 0 Å². The molecule has 1 aromatic rings. The monoisotopic (exact) mass is 341 g/mol. The maximum absolute atomic E-state index is 11.5. The lowest BCUT2D eigenvalue weighted by Crippen LogP contribution is -2.43. The van der Waals surface area contributed by atoms with Crippen molar-refractivity contribution in [3.8, 4) is 0 Å². The van der Waals surface area contributed by atoms with Crippen LogP contribution in [0.2, 0.25) is 0 Å². The molecule has 0 spiro atoms. The Morgan fingerprint density at radius 3 is 2.95 bits per heavy atom. The van der Waals surface area contributed by atoms with Crippen molar-refractivity contribution in [2.45, 2.75) is 18.9 Å². The predicted octanol–water partition coefficient (Wildman–Crippen LogP) is 2.12. The molecule has 0 bridgehead atoms. The molecule has 0 aromatic heterocycles. The second-order valence-electron chi connectivity index (χ2n) is 4.68. The zero-order chi connectivity index (χ0) is 14.0. The number of nitrogens with one attached hydrogen (secondary N) is 1. The summed E-state index contributed by atoms with van der Waals surface area (Å²) in [6.45, 7) is 0.697. The number of anilines is 1. The molecule has 1 heterocycles. The molecule has 19 heavy (non-hydrogen) atoms. The van der Waals surface area contributed by atoms with Crippen LogP contribution in [0, 0.1) is 0 Å². The Hall–Kier alpha value is -1.14. The van der Waals surface area contributed by atoms with E-state index in [-0.39, 0.29) is 11.9 Å². The number of halogens is 1. The summed E-state index contributed by atoms with van der Waals surface area (Å²) in [6.07, 6.45) is 1.40. The van der Waals surface area contributed by atoms with Gasteiger partial charge in [-0.2, -0.15) is 0 Å². The molecule has 1 aliphatic rings. The Bertz CT molecular complexity index is 521. The van der Waals surface area contributed by atoms with Crippen LogP contribution in [0.25, 0.3) is 0 Å². The van der Waals surface area contributed by atoms with Crippen molar-refractivity contribution in [2.75, 3.05) is 18.9 Å². The maximum atomic E-state index is 11.5. The van der Waals surface area contributed by atoms with Crippen molar-refractivity contribution in [1.82, 2.24) is 4.90 Å². The number of rotatable bonds is 3. The van der Waals surface area contributed by atoms with Crippen LogP contribution in [-0.4, -0.2) is 35.4 Å². The first-order valence-corrected chi connectivity index (χ1v) is 7.28. The van der Waals surface area contributed by atoms with Crippen LogP contribution in [0.4, 0.5) is 5.69 Å². The Balaban J connectivity index is 2.18. The van der Waals surface area contributed by atoms with E-state index < -0.39 is 0 Å². The van der Waals surface area contributed by atoms with Crippen LogP contribution < -0.4 is 11.1 Å². The molecule has 1 amide bonds. The third-order valence-electron chi connectivity index (χ3n) is 3.25. The molecule has 3 N–H and O–H groups in total. The van der Waals surface area contributed by atoms with Gasteiger partial charge in [0.25, 0.3) is 0 Å². The number of thiocarbonyl (C=S) groups is 1. The lowest BCUT2D eigenvalue weighted by atomic mass is 10.0. The van der Waals surface area contributed by atoms with Gasteiger partial charge in [-0.1, -0.05) is 18.3 Å². The molecule has 1 fully saturated rings. The molecule has 0 saturated carbocycles. The molecule has 1 aliphatic heterocycles. The minimum Gasteiger partial charge on any atom is -0.389 e. The minimum atomic E-state index is 0.196. The summed E-state index contributed by atoms with van der Waals surface area (Å²) in [7, 11) is 1.82. The van der Waals surface area contributed by atoms with Gasteiger partial charge in [0.1, 0.15) is 4.99 Å². The number of likely N-dealkylation sites (tertiary alicyclic amines) is 1. The Morgan fingerprint density at radius 2 is 2.32 bits per heavy atom. The van der Waals surface area contributed by atoms with Gasteiger partial charge in [-0.25, -0.2) is 0 Å². The molecule has 0 radical (unpaired) electrons. The number of hydrogen-bond acceptors (Lipinski definition) is 3. The van der Waals surface area contributed by atoms with E-state index >= 15 is 0 Å². The average Bonchev–Trinajstić information content (AvgIpc) is 2.33. The number of nitrogens with zero attached hydrogens (tertiary/aromatic N) is 1. The molecule has 1 atom stereocenters. The van der Waals surface area contributed by atoms with Crippen LogP contribution in [-0.2, 0) is 4.79 Å². The van der Waals surface area contributed by atoms with Crippen molar-refractivity contribution in [1.29, 1.82) is 0 Å². The summed E-state index contributed by atoms with van der Waals surface area (Å²) >= 11 is 8.55. The van der Waals surface area contributed by atoms with E-state index in [2.05, 4.69) is 21.2 Å². The predicted molar refractivity (Wildman–Crippen MR) is 84.3 cm³/mol. The smallest absolute Gasteiger partial charge is 0.222 e. The lowest BCUT2D eigenvalue weighted by Gasteiger charge is -2.31. The van der Waals surface area contributed by atoms with Crippen molar-refractivity contribution in [3.63, 3.8) is 0 Å². The standard InChI is InChI=1S/C13H16BrN3OS/c1-17-7-8(5-6-11(17)18)16-10-4-2-3-9(14)12(10)13(15)19/h2-4,8,16H,5-7H2,1H3,(H2,15,19). The second-order valence-corrected chi connectivity index (χ2v) is 5.98. The molecule has 2 rings (SSSR count). The van der Waals surface area contributed by atoms with E-state index in [0.717, 1.165) is 22.1 Å². The molecule has 1 saturated heterocycles. The van der Waals surface area contributed by atoms with Gasteiger partial charge in [-0.3, -0.25) is 4.79 Å². The Labute approximate surface area is 126 Å². The van der Waals surface area contributed by atoms with Gasteiger partial charge in [0, 0.05) is 41.8 Å². The highest BCUT2D eigenvalue weighted by molar-refractivity contribution is 9.10. The Kier molecular flexibility index (Phi) is 4.42. The highest BCUT2D eigenvalue weighted by Crippen LogP contribution is 2.26. The maximum Gasteiger partial charge on any atom is 0.222 e. The van der Waals surface area contributed by atoms with Crippen LogP contribution >= 0.6 is 28.1 Å². The highest BCUT2D eigenvalue weighted by atomic mass is 79.9. The minimum absolute atomic E-state index is 0.196. The molecule has 6 heteroatoms. The third-order valence-corrected chi connectivity index (χ3v) is 4.11. The topological polar surface area (TPSA) is 58.4 Å². The molecule has 1 unspecified atom stereocenters. The lowest BCUT2D eigenvalue weighted by molar-refractivity contribution is -0.132. The Morgan fingerprint density at radius 1 is 1.58 bits per heavy atom. The molecule has 0 aliphatic carbocycles. The van der Waals surface area contributed by atoms with E-state index in [1.165, 1.54) is 0 Å². The number of amides is 1. The van der Waals surface area contributed by atoms with E-state index in [4.69, 9.17) is 18.0 Å². The first-order valence-electron chi connectivity index (χ1n) is 6.08. The van der Waals surface area contributed by atoms with Gasteiger partial charge < -0.3 is 16.0 Å². The number of carbonyl (C=O) groups excluding carboxylic acids is 1. The fourth-order valence-electron chi connectivity index (χ4n) is 2.24. The number of hydrogen-bond donors (Lipinski definition) is 2. The number of benzene rings is 1. The molecule has 1 aromatic carbocycles. The van der Waals surface area contributed by atoms with E-state index in [9.17, 15) is 4.79 Å². The number of piperidine rings is 1. The van der Waals surface area contributed by atoms with E-state index in [0.29, 0.717) is 18.0 Å². The largest absolute Gasteiger partial charge is 0.389 e.